The van der Waals surface area contributed by atoms with E-state index in [-0.39, 0.29) is 5.54 Å². The van der Waals surface area contributed by atoms with Crippen molar-refractivity contribution in [1.29, 1.82) is 0 Å². The summed E-state index contributed by atoms with van der Waals surface area (Å²) in [6.45, 7) is 3.35. The van der Waals surface area contributed by atoms with E-state index in [1.165, 1.54) is 18.4 Å². The van der Waals surface area contributed by atoms with E-state index in [0.717, 1.165) is 6.54 Å². The van der Waals surface area contributed by atoms with Gasteiger partial charge in [-0.05, 0) is 32.4 Å². The lowest BCUT2D eigenvalue weighted by Crippen LogP contribution is -2.32. The molecular formula is C9H13NO. The van der Waals surface area contributed by atoms with Crippen molar-refractivity contribution in [2.75, 3.05) is 6.54 Å². The molecule has 1 aliphatic heterocycles. The predicted octanol–water partition coefficient (Wildman–Crippen LogP) is 1.88. The summed E-state index contributed by atoms with van der Waals surface area (Å²) in [7, 11) is 0. The zero-order chi connectivity index (χ0) is 7.73. The van der Waals surface area contributed by atoms with Crippen LogP contribution in [0.15, 0.2) is 23.0 Å². The van der Waals surface area contributed by atoms with Crippen molar-refractivity contribution in [1.82, 2.24) is 5.32 Å². The second kappa shape index (κ2) is 2.38. The number of hydrogen-bond donors (Lipinski definition) is 1. The van der Waals surface area contributed by atoms with E-state index in [4.69, 9.17) is 4.42 Å². The van der Waals surface area contributed by atoms with Gasteiger partial charge in [0.05, 0.1) is 12.5 Å². The Morgan fingerprint density at radius 1 is 1.64 bits per heavy atom. The Hall–Kier alpha value is -0.760. The van der Waals surface area contributed by atoms with Crippen LogP contribution in [-0.4, -0.2) is 6.54 Å². The highest BCUT2D eigenvalue weighted by Gasteiger charge is 2.30. The van der Waals surface area contributed by atoms with Crippen LogP contribution in [0.1, 0.15) is 25.3 Å². The minimum atomic E-state index is 0.174. The lowest BCUT2D eigenvalue weighted by Gasteiger charge is -2.22. The monoisotopic (exact) mass is 151 g/mol. The molecule has 0 saturated carbocycles. The van der Waals surface area contributed by atoms with E-state index in [1.807, 2.05) is 12.3 Å². The van der Waals surface area contributed by atoms with Gasteiger partial charge in [-0.1, -0.05) is 0 Å². The molecule has 1 atom stereocenters. The van der Waals surface area contributed by atoms with Gasteiger partial charge in [0.25, 0.3) is 0 Å². The van der Waals surface area contributed by atoms with Crippen molar-refractivity contribution < 1.29 is 4.42 Å². The average molecular weight is 151 g/mol. The summed E-state index contributed by atoms with van der Waals surface area (Å²) in [6.07, 6.45) is 6.05. The Morgan fingerprint density at radius 2 is 2.55 bits per heavy atom. The van der Waals surface area contributed by atoms with E-state index < -0.39 is 0 Å². The number of rotatable bonds is 1. The molecule has 2 heteroatoms. The smallest absolute Gasteiger partial charge is 0.0953 e. The Balaban J connectivity index is 2.27. The van der Waals surface area contributed by atoms with Gasteiger partial charge in [0.15, 0.2) is 0 Å². The number of furan rings is 1. The minimum absolute atomic E-state index is 0.174. The van der Waals surface area contributed by atoms with Crippen molar-refractivity contribution in [2.45, 2.75) is 25.3 Å². The van der Waals surface area contributed by atoms with Crippen LogP contribution >= 0.6 is 0 Å². The van der Waals surface area contributed by atoms with Gasteiger partial charge in [-0.15, -0.1) is 0 Å². The summed E-state index contributed by atoms with van der Waals surface area (Å²) in [5.41, 5.74) is 1.45. The second-order valence-electron chi connectivity index (χ2n) is 3.37. The molecule has 60 valence electrons. The van der Waals surface area contributed by atoms with E-state index >= 15 is 0 Å². The van der Waals surface area contributed by atoms with E-state index in [0.29, 0.717) is 0 Å². The lowest BCUT2D eigenvalue weighted by atomic mass is 9.93. The highest BCUT2D eigenvalue weighted by molar-refractivity contribution is 5.19. The van der Waals surface area contributed by atoms with Crippen molar-refractivity contribution >= 4 is 0 Å². The van der Waals surface area contributed by atoms with Crippen LogP contribution in [0.3, 0.4) is 0 Å². The summed E-state index contributed by atoms with van der Waals surface area (Å²) in [5.74, 6) is 0. The van der Waals surface area contributed by atoms with Gasteiger partial charge in [0, 0.05) is 11.1 Å². The molecule has 0 aliphatic carbocycles. The van der Waals surface area contributed by atoms with Gasteiger partial charge in [0.2, 0.25) is 0 Å². The van der Waals surface area contributed by atoms with Crippen LogP contribution in [0.2, 0.25) is 0 Å². The molecule has 1 aromatic heterocycles. The van der Waals surface area contributed by atoms with Gasteiger partial charge in [-0.2, -0.15) is 0 Å². The summed E-state index contributed by atoms with van der Waals surface area (Å²) < 4.78 is 5.05. The highest BCUT2D eigenvalue weighted by Crippen LogP contribution is 2.29. The molecule has 0 aromatic carbocycles. The summed E-state index contributed by atoms with van der Waals surface area (Å²) >= 11 is 0. The van der Waals surface area contributed by atoms with E-state index in [9.17, 15) is 0 Å². The molecular weight excluding hydrogens is 138 g/mol. The van der Waals surface area contributed by atoms with Gasteiger partial charge in [-0.25, -0.2) is 0 Å². The zero-order valence-corrected chi connectivity index (χ0v) is 6.76. The lowest BCUT2D eigenvalue weighted by molar-refractivity contribution is 0.427. The van der Waals surface area contributed by atoms with E-state index in [1.54, 1.807) is 6.26 Å². The topological polar surface area (TPSA) is 25.2 Å². The first-order valence-electron chi connectivity index (χ1n) is 4.09. The van der Waals surface area contributed by atoms with Crippen molar-refractivity contribution in [3.63, 3.8) is 0 Å². The fourth-order valence-electron chi connectivity index (χ4n) is 1.72. The first kappa shape index (κ1) is 6.92. The highest BCUT2D eigenvalue weighted by atomic mass is 16.3. The van der Waals surface area contributed by atoms with Gasteiger partial charge >= 0.3 is 0 Å². The van der Waals surface area contributed by atoms with Crippen LogP contribution in [0, 0.1) is 0 Å². The van der Waals surface area contributed by atoms with Crippen LogP contribution in [0.5, 0.6) is 0 Å². The largest absolute Gasteiger partial charge is 0.472 e. The minimum Gasteiger partial charge on any atom is -0.472 e. The fraction of sp³-hybridized carbons (Fsp3) is 0.556. The maximum atomic E-state index is 5.05. The molecule has 1 N–H and O–H groups in total. The molecule has 0 bridgehead atoms. The molecule has 11 heavy (non-hydrogen) atoms. The second-order valence-corrected chi connectivity index (χ2v) is 3.37. The third-order valence-electron chi connectivity index (χ3n) is 2.53. The fourth-order valence-corrected chi connectivity index (χ4v) is 1.72. The quantitative estimate of drug-likeness (QED) is 0.663. The molecule has 0 amide bonds. The van der Waals surface area contributed by atoms with E-state index in [2.05, 4.69) is 12.2 Å². The predicted molar refractivity (Wildman–Crippen MR) is 43.3 cm³/mol. The standard InChI is InChI=1S/C9H13NO/c1-9(4-2-5-10-9)8-3-6-11-7-8/h3,6-7,10H,2,4-5H2,1H3. The Kier molecular flexibility index (Phi) is 1.50. The summed E-state index contributed by atoms with van der Waals surface area (Å²) in [4.78, 5) is 0. The van der Waals surface area contributed by atoms with Gasteiger partial charge in [-0.3, -0.25) is 0 Å². The summed E-state index contributed by atoms with van der Waals surface area (Å²) in [5, 5.41) is 3.48. The van der Waals surface area contributed by atoms with Gasteiger partial charge < -0.3 is 9.73 Å². The molecule has 2 nitrogen and oxygen atoms in total. The van der Waals surface area contributed by atoms with Crippen LogP contribution in [0.4, 0.5) is 0 Å². The Labute approximate surface area is 66.6 Å². The van der Waals surface area contributed by atoms with Gasteiger partial charge in [0.1, 0.15) is 0 Å². The van der Waals surface area contributed by atoms with Crippen molar-refractivity contribution in [2.24, 2.45) is 0 Å². The van der Waals surface area contributed by atoms with Crippen LogP contribution < -0.4 is 5.32 Å². The molecule has 1 aromatic rings. The molecule has 2 rings (SSSR count). The summed E-state index contributed by atoms with van der Waals surface area (Å²) in [6, 6.07) is 2.04. The first-order chi connectivity index (χ1) is 5.31. The average Bonchev–Trinajstić information content (AvgIpc) is 2.55. The van der Waals surface area contributed by atoms with Crippen LogP contribution in [0.25, 0.3) is 0 Å². The van der Waals surface area contributed by atoms with Crippen molar-refractivity contribution in [3.05, 3.63) is 24.2 Å². The third kappa shape index (κ3) is 1.07. The SMILES string of the molecule is CC1(c2ccoc2)CCCN1. The Bertz CT molecular complexity index is 222. The zero-order valence-electron chi connectivity index (χ0n) is 6.76. The normalized spacial score (nSPS) is 31.0. The maximum Gasteiger partial charge on any atom is 0.0953 e. The first-order valence-corrected chi connectivity index (χ1v) is 4.09. The third-order valence-corrected chi connectivity index (χ3v) is 2.53. The van der Waals surface area contributed by atoms with Crippen molar-refractivity contribution in [3.8, 4) is 0 Å². The number of nitrogens with one attached hydrogen (secondary N) is 1. The molecule has 0 radical (unpaired) electrons. The maximum absolute atomic E-state index is 5.05. The molecule has 2 heterocycles. The molecule has 1 aliphatic rings. The Morgan fingerprint density at radius 3 is 3.09 bits per heavy atom. The molecule has 1 saturated heterocycles. The number of hydrogen-bond acceptors (Lipinski definition) is 2. The molecule has 1 fully saturated rings. The molecule has 0 spiro atoms. The molecule has 1 unspecified atom stereocenters. The van der Waals surface area contributed by atoms with Crippen LogP contribution in [-0.2, 0) is 5.54 Å².